The van der Waals surface area contributed by atoms with Crippen molar-refractivity contribution >= 4 is 11.6 Å². The van der Waals surface area contributed by atoms with Gasteiger partial charge in [0.25, 0.3) is 0 Å². The summed E-state index contributed by atoms with van der Waals surface area (Å²) in [4.78, 5) is 2.68. The monoisotopic (exact) mass is 475 g/mol. The lowest BCUT2D eigenvalue weighted by Crippen LogP contribution is -2.56. The molecule has 0 aromatic heterocycles. The number of nitrogens with zero attached hydrogens (tertiary/aromatic N) is 1. The summed E-state index contributed by atoms with van der Waals surface area (Å²) in [5.41, 5.74) is 2.33. The largest absolute Gasteiger partial charge is 0.393 e. The zero-order valence-electron chi connectivity index (χ0n) is 21.4. The Hall–Kier alpha value is -0.0900. The molecule has 0 radical (unpaired) electrons. The number of hydrogen-bond acceptors (Lipinski definition) is 3. The molecule has 186 valence electrons. The fourth-order valence-electron chi connectivity index (χ4n) is 10.2. The third kappa shape index (κ3) is 3.38. The van der Waals surface area contributed by atoms with E-state index >= 15 is 0 Å². The molecule has 4 heteroatoms. The second-order valence-electron chi connectivity index (χ2n) is 13.7. The number of fused-ring (bicyclic) bond motifs is 5. The van der Waals surface area contributed by atoms with E-state index in [9.17, 15) is 5.11 Å². The fraction of sp³-hybridized carbons (Fsp3) is 0.931. The van der Waals surface area contributed by atoms with Gasteiger partial charge in [-0.25, -0.2) is 0 Å². The molecule has 4 aliphatic carbocycles. The van der Waals surface area contributed by atoms with Crippen molar-refractivity contribution in [2.75, 3.05) is 19.0 Å². The van der Waals surface area contributed by atoms with E-state index in [0.29, 0.717) is 34.8 Å². The predicted molar refractivity (Wildman–Crippen MR) is 134 cm³/mol. The Balaban J connectivity index is 1.32. The number of piperidine rings is 1. The van der Waals surface area contributed by atoms with Gasteiger partial charge in [-0.15, -0.1) is 11.6 Å². The molecule has 1 spiro atoms. The van der Waals surface area contributed by atoms with Gasteiger partial charge in [0.15, 0.2) is 0 Å². The van der Waals surface area contributed by atoms with Crippen LogP contribution in [0.5, 0.6) is 0 Å². The average molecular weight is 476 g/mol. The van der Waals surface area contributed by atoms with Crippen LogP contribution in [-0.4, -0.2) is 52.8 Å². The molecule has 6 rings (SSSR count). The van der Waals surface area contributed by atoms with Crippen molar-refractivity contribution in [2.45, 2.75) is 109 Å². The molecule has 3 unspecified atom stereocenters. The minimum atomic E-state index is -0.117. The highest BCUT2D eigenvalue weighted by molar-refractivity contribution is 6.18. The Morgan fingerprint density at radius 2 is 2.00 bits per heavy atom. The molecular formula is C29H46ClNO2. The number of alkyl halides is 1. The van der Waals surface area contributed by atoms with Crippen LogP contribution in [-0.2, 0) is 4.74 Å². The molecule has 2 heterocycles. The maximum Gasteiger partial charge on any atom is 0.0743 e. The number of rotatable bonds is 2. The summed E-state index contributed by atoms with van der Waals surface area (Å²) in [6.45, 7) is 12.1. The van der Waals surface area contributed by atoms with Gasteiger partial charge in [0.2, 0.25) is 0 Å². The van der Waals surface area contributed by atoms with Crippen molar-refractivity contribution in [3.63, 3.8) is 0 Å². The van der Waals surface area contributed by atoms with Crippen LogP contribution in [0.3, 0.4) is 0 Å². The average Bonchev–Trinajstić information content (AvgIpc) is 3.16. The Morgan fingerprint density at radius 3 is 2.79 bits per heavy atom. The molecule has 0 aromatic carbocycles. The van der Waals surface area contributed by atoms with Crippen LogP contribution in [0, 0.1) is 40.4 Å². The zero-order valence-corrected chi connectivity index (χ0v) is 22.1. The SMILES string of the molecule is C[C@H]1C[C@H]2OC3(C)C[C@@]34C[C@H]3C(CC=C5C[C@@H](O)CCC53C)[C@@H]4CC[C@H](C)[C@@H]2N(CCCl)C1. The smallest absolute Gasteiger partial charge is 0.0743 e. The van der Waals surface area contributed by atoms with Gasteiger partial charge >= 0.3 is 0 Å². The third-order valence-corrected chi connectivity index (χ3v) is 12.0. The van der Waals surface area contributed by atoms with Crippen LogP contribution in [0.2, 0.25) is 0 Å². The second kappa shape index (κ2) is 7.95. The van der Waals surface area contributed by atoms with Crippen molar-refractivity contribution in [1.82, 2.24) is 4.90 Å². The first-order valence-electron chi connectivity index (χ1n) is 14.1. The highest BCUT2D eigenvalue weighted by atomic mass is 35.5. The highest BCUT2D eigenvalue weighted by Gasteiger charge is 2.76. The molecule has 2 saturated heterocycles. The zero-order chi connectivity index (χ0) is 23.2. The number of aliphatic hydroxyl groups is 1. The van der Waals surface area contributed by atoms with Crippen LogP contribution >= 0.6 is 11.6 Å². The Kier molecular flexibility index (Phi) is 5.62. The molecule has 0 amide bonds. The maximum atomic E-state index is 10.4. The topological polar surface area (TPSA) is 32.7 Å². The Morgan fingerprint density at radius 1 is 1.18 bits per heavy atom. The molecule has 0 aromatic rings. The van der Waals surface area contributed by atoms with Crippen molar-refractivity contribution < 1.29 is 9.84 Å². The lowest BCUT2D eigenvalue weighted by atomic mass is 9.56. The normalized spacial score (nSPS) is 56.1. The molecule has 0 bridgehead atoms. The van der Waals surface area contributed by atoms with Gasteiger partial charge in [-0.2, -0.15) is 0 Å². The maximum absolute atomic E-state index is 10.4. The number of hydrogen-bond donors (Lipinski definition) is 1. The van der Waals surface area contributed by atoms with Gasteiger partial charge < -0.3 is 9.84 Å². The summed E-state index contributed by atoms with van der Waals surface area (Å²) in [6.07, 6.45) is 13.7. The molecule has 1 N–H and O–H groups in total. The van der Waals surface area contributed by atoms with Gasteiger partial charge in [0.1, 0.15) is 0 Å². The number of ether oxygens (including phenoxy) is 1. The van der Waals surface area contributed by atoms with Gasteiger partial charge in [0, 0.05) is 30.4 Å². The third-order valence-electron chi connectivity index (χ3n) is 11.8. The molecule has 11 atom stereocenters. The van der Waals surface area contributed by atoms with E-state index in [1.807, 2.05) is 0 Å². The summed E-state index contributed by atoms with van der Waals surface area (Å²) in [5.74, 6) is 4.46. The van der Waals surface area contributed by atoms with Crippen LogP contribution < -0.4 is 0 Å². The predicted octanol–water partition coefficient (Wildman–Crippen LogP) is 6.03. The summed E-state index contributed by atoms with van der Waals surface area (Å²) in [6, 6.07) is 0.527. The molecule has 2 aliphatic heterocycles. The van der Waals surface area contributed by atoms with Crippen LogP contribution in [0.4, 0.5) is 0 Å². The summed E-state index contributed by atoms with van der Waals surface area (Å²) in [7, 11) is 0. The lowest BCUT2D eigenvalue weighted by Gasteiger charge is -2.49. The first-order chi connectivity index (χ1) is 15.7. The van der Waals surface area contributed by atoms with E-state index in [2.05, 4.69) is 38.7 Å². The first kappa shape index (κ1) is 23.3. The van der Waals surface area contributed by atoms with Crippen LogP contribution in [0.1, 0.15) is 85.5 Å². The first-order valence-corrected chi connectivity index (χ1v) is 14.6. The van der Waals surface area contributed by atoms with Gasteiger partial charge in [-0.3, -0.25) is 4.90 Å². The number of halogens is 1. The molecule has 3 saturated carbocycles. The lowest BCUT2D eigenvalue weighted by molar-refractivity contribution is -0.121. The fourth-order valence-corrected chi connectivity index (χ4v) is 10.4. The van der Waals surface area contributed by atoms with Crippen molar-refractivity contribution in [3.8, 4) is 0 Å². The number of allylic oxidation sites excluding steroid dienone is 1. The van der Waals surface area contributed by atoms with Gasteiger partial charge in [0.05, 0.1) is 17.8 Å². The summed E-state index contributed by atoms with van der Waals surface area (Å²) in [5, 5.41) is 10.4. The molecule has 5 fully saturated rings. The van der Waals surface area contributed by atoms with E-state index < -0.39 is 0 Å². The summed E-state index contributed by atoms with van der Waals surface area (Å²) < 4.78 is 7.31. The minimum Gasteiger partial charge on any atom is -0.393 e. The Labute approximate surface area is 206 Å². The van der Waals surface area contributed by atoms with Crippen molar-refractivity contribution in [1.29, 1.82) is 0 Å². The number of likely N-dealkylation sites (tertiary alicyclic amines) is 1. The van der Waals surface area contributed by atoms with Gasteiger partial charge in [-0.1, -0.05) is 32.4 Å². The van der Waals surface area contributed by atoms with Crippen LogP contribution in [0.15, 0.2) is 11.6 Å². The highest BCUT2D eigenvalue weighted by Crippen LogP contribution is 2.78. The van der Waals surface area contributed by atoms with Crippen molar-refractivity contribution in [2.24, 2.45) is 40.4 Å². The van der Waals surface area contributed by atoms with Crippen molar-refractivity contribution in [3.05, 3.63) is 11.6 Å². The van der Waals surface area contributed by atoms with Gasteiger partial charge in [-0.05, 0) is 99.7 Å². The standard InChI is InChI=1S/C29H46ClNO2/c1-18-13-25-26(31(16-18)12-11-30)19(2)5-8-23-22-7-6-20-14-21(32)9-10-27(20,3)24(22)15-29(23)17-28(29,4)33-25/h6,18-19,21-26,32H,5,7-17H2,1-4H3/t18-,19-,21-,22?,23-,24-,25+,26-,27?,28?,29+/m0/s1. The summed E-state index contributed by atoms with van der Waals surface area (Å²) >= 11 is 6.26. The van der Waals surface area contributed by atoms with E-state index in [1.165, 1.54) is 51.5 Å². The molecule has 3 nitrogen and oxygen atoms in total. The van der Waals surface area contributed by atoms with E-state index in [0.717, 1.165) is 43.0 Å². The minimum absolute atomic E-state index is 0.0520. The second-order valence-corrected chi connectivity index (χ2v) is 14.0. The Bertz CT molecular complexity index is 815. The molecular weight excluding hydrogens is 430 g/mol. The quantitative estimate of drug-likeness (QED) is 0.390. The van der Waals surface area contributed by atoms with E-state index in [4.69, 9.17) is 16.3 Å². The van der Waals surface area contributed by atoms with E-state index in [-0.39, 0.29) is 11.7 Å². The van der Waals surface area contributed by atoms with E-state index in [1.54, 1.807) is 5.57 Å². The molecule has 6 aliphatic rings. The van der Waals surface area contributed by atoms with Crippen LogP contribution in [0.25, 0.3) is 0 Å². The molecule has 33 heavy (non-hydrogen) atoms. The number of aliphatic hydroxyl groups excluding tert-OH is 1.